The fourth-order valence-electron chi connectivity index (χ4n) is 2.53. The van der Waals surface area contributed by atoms with Crippen LogP contribution in [0, 0.1) is 15.5 Å². The van der Waals surface area contributed by atoms with Crippen LogP contribution in [0.15, 0.2) is 12.1 Å². The van der Waals surface area contributed by atoms with Crippen molar-refractivity contribution in [3.8, 4) is 0 Å². The number of amides is 1. The maximum Gasteiger partial charge on any atom is 0.321 e. The molecular weight excluding hydrogens is 296 g/mol. The average Bonchev–Trinajstić information content (AvgIpc) is 2.86. The van der Waals surface area contributed by atoms with Gasteiger partial charge in [-0.1, -0.05) is 13.8 Å². The van der Waals surface area contributed by atoms with Gasteiger partial charge in [-0.25, -0.2) is 4.98 Å². The van der Waals surface area contributed by atoms with E-state index in [4.69, 9.17) is 0 Å². The van der Waals surface area contributed by atoms with E-state index in [2.05, 4.69) is 29.5 Å². The molecule has 0 aromatic carbocycles. The van der Waals surface area contributed by atoms with Crippen LogP contribution in [-0.4, -0.2) is 34.9 Å². The highest BCUT2D eigenvalue weighted by Crippen LogP contribution is 2.29. The summed E-state index contributed by atoms with van der Waals surface area (Å²) in [5.74, 6) is -0.493. The van der Waals surface area contributed by atoms with E-state index in [-0.39, 0.29) is 41.3 Å². The Balaban J connectivity index is 0.00000220. The van der Waals surface area contributed by atoms with Crippen molar-refractivity contribution < 1.29 is 9.72 Å². The largest absolute Gasteiger partial charge is 0.358 e. The number of H-pyrrole nitrogens is 1. The molecule has 1 aromatic heterocycles. The number of carbonyl (C=O) groups is 1. The standard InChI is InChI=1S/C13H20N4O3.ClH/c1-13(2)6-3-7-14-10(13)8-15-12(18)9-4-5-11(16-9)17(19)20;/h4-5,10,14,16H,3,6-8H2,1-2H3,(H,15,18);1H. The molecule has 3 N–H and O–H groups in total. The smallest absolute Gasteiger partial charge is 0.321 e. The molecule has 0 radical (unpaired) electrons. The Morgan fingerprint density at radius 3 is 2.81 bits per heavy atom. The van der Waals surface area contributed by atoms with Crippen molar-refractivity contribution >= 4 is 24.1 Å². The molecule has 8 heteroatoms. The lowest BCUT2D eigenvalue weighted by molar-refractivity contribution is -0.389. The highest BCUT2D eigenvalue weighted by atomic mass is 35.5. The lowest BCUT2D eigenvalue weighted by Crippen LogP contribution is -2.52. The number of hydrogen-bond acceptors (Lipinski definition) is 4. The van der Waals surface area contributed by atoms with Crippen molar-refractivity contribution in [3.63, 3.8) is 0 Å². The van der Waals surface area contributed by atoms with Gasteiger partial charge in [0.05, 0.1) is 0 Å². The number of halogens is 1. The molecule has 0 saturated carbocycles. The number of aromatic amines is 1. The van der Waals surface area contributed by atoms with Crippen LogP contribution in [0.2, 0.25) is 0 Å². The van der Waals surface area contributed by atoms with Crippen molar-refractivity contribution in [2.45, 2.75) is 32.7 Å². The zero-order valence-corrected chi connectivity index (χ0v) is 13.0. The summed E-state index contributed by atoms with van der Waals surface area (Å²) in [6, 6.07) is 2.93. The summed E-state index contributed by atoms with van der Waals surface area (Å²) in [6.07, 6.45) is 2.26. The Kier molecular flexibility index (Phi) is 5.74. The van der Waals surface area contributed by atoms with E-state index in [0.29, 0.717) is 6.54 Å². The number of rotatable bonds is 4. The van der Waals surface area contributed by atoms with Crippen LogP contribution in [0.1, 0.15) is 37.2 Å². The van der Waals surface area contributed by atoms with Gasteiger partial charge >= 0.3 is 5.82 Å². The predicted molar refractivity (Wildman–Crippen MR) is 81.8 cm³/mol. The molecule has 1 fully saturated rings. The molecule has 1 saturated heterocycles. The van der Waals surface area contributed by atoms with E-state index in [0.717, 1.165) is 19.4 Å². The molecule has 0 spiro atoms. The number of aromatic nitrogens is 1. The van der Waals surface area contributed by atoms with E-state index in [1.54, 1.807) is 0 Å². The summed E-state index contributed by atoms with van der Waals surface area (Å²) >= 11 is 0. The normalized spacial score (nSPS) is 20.4. The molecule has 21 heavy (non-hydrogen) atoms. The first kappa shape index (κ1) is 17.5. The van der Waals surface area contributed by atoms with Crippen LogP contribution in [0.5, 0.6) is 0 Å². The Morgan fingerprint density at radius 1 is 1.52 bits per heavy atom. The zero-order valence-electron chi connectivity index (χ0n) is 12.1. The van der Waals surface area contributed by atoms with E-state index >= 15 is 0 Å². The first-order chi connectivity index (χ1) is 9.40. The number of nitrogens with one attached hydrogen (secondary N) is 3. The third kappa shape index (κ3) is 4.18. The van der Waals surface area contributed by atoms with Gasteiger partial charge in [-0.3, -0.25) is 4.79 Å². The lowest BCUT2D eigenvalue weighted by atomic mass is 9.77. The maximum absolute atomic E-state index is 11.9. The molecule has 1 unspecified atom stereocenters. The topological polar surface area (TPSA) is 100 Å². The number of hydrogen-bond donors (Lipinski definition) is 3. The van der Waals surface area contributed by atoms with E-state index < -0.39 is 4.92 Å². The molecular formula is C13H21ClN4O3. The van der Waals surface area contributed by atoms with Gasteiger partial charge in [0.15, 0.2) is 5.69 Å². The molecule has 1 atom stereocenters. The third-order valence-electron chi connectivity index (χ3n) is 3.91. The molecule has 2 heterocycles. The summed E-state index contributed by atoms with van der Waals surface area (Å²) in [5.41, 5.74) is 0.345. The summed E-state index contributed by atoms with van der Waals surface area (Å²) in [7, 11) is 0. The Labute approximate surface area is 129 Å². The summed E-state index contributed by atoms with van der Waals surface area (Å²) in [6.45, 7) is 5.82. The molecule has 1 amide bonds. The SMILES string of the molecule is CC1(C)CCCNC1CNC(=O)c1ccc([N+](=O)[O-])[nH]1.Cl. The van der Waals surface area contributed by atoms with Crippen molar-refractivity contribution in [1.29, 1.82) is 0 Å². The van der Waals surface area contributed by atoms with E-state index in [1.165, 1.54) is 12.1 Å². The first-order valence-corrected chi connectivity index (χ1v) is 6.75. The van der Waals surface area contributed by atoms with Crippen LogP contribution in [0.25, 0.3) is 0 Å². The highest BCUT2D eigenvalue weighted by Gasteiger charge is 2.32. The third-order valence-corrected chi connectivity index (χ3v) is 3.91. The summed E-state index contributed by atoms with van der Waals surface area (Å²) in [4.78, 5) is 24.4. The number of piperidine rings is 1. The van der Waals surface area contributed by atoms with Gasteiger partial charge in [0.25, 0.3) is 5.91 Å². The average molecular weight is 317 g/mol. The molecule has 0 bridgehead atoms. The van der Waals surface area contributed by atoms with Crippen LogP contribution >= 0.6 is 12.4 Å². The van der Waals surface area contributed by atoms with Crippen molar-refractivity contribution in [2.75, 3.05) is 13.1 Å². The summed E-state index contributed by atoms with van der Waals surface area (Å²) in [5, 5.41) is 16.8. The molecule has 118 valence electrons. The molecule has 1 aliphatic heterocycles. The monoisotopic (exact) mass is 316 g/mol. The second-order valence-electron chi connectivity index (χ2n) is 5.82. The van der Waals surface area contributed by atoms with Crippen molar-refractivity contribution in [3.05, 3.63) is 27.9 Å². The minimum atomic E-state index is -0.553. The quantitative estimate of drug-likeness (QED) is 0.583. The number of nitro groups is 1. The van der Waals surface area contributed by atoms with Crippen molar-refractivity contribution in [2.24, 2.45) is 5.41 Å². The number of nitrogens with zero attached hydrogens (tertiary/aromatic N) is 1. The molecule has 0 aliphatic carbocycles. The van der Waals surface area contributed by atoms with Gasteiger partial charge in [-0.2, -0.15) is 0 Å². The Morgan fingerprint density at radius 2 is 2.24 bits per heavy atom. The van der Waals surface area contributed by atoms with Gasteiger partial charge in [-0.15, -0.1) is 12.4 Å². The van der Waals surface area contributed by atoms with Crippen LogP contribution in [0.3, 0.4) is 0 Å². The summed E-state index contributed by atoms with van der Waals surface area (Å²) < 4.78 is 0. The van der Waals surface area contributed by atoms with E-state index in [9.17, 15) is 14.9 Å². The molecule has 1 aromatic rings. The van der Waals surface area contributed by atoms with Gasteiger partial charge in [0.2, 0.25) is 0 Å². The highest BCUT2D eigenvalue weighted by molar-refractivity contribution is 5.92. The van der Waals surface area contributed by atoms with Crippen LogP contribution < -0.4 is 10.6 Å². The maximum atomic E-state index is 11.9. The lowest BCUT2D eigenvalue weighted by Gasteiger charge is -2.39. The fourth-order valence-corrected chi connectivity index (χ4v) is 2.53. The Hall–Kier alpha value is -1.60. The molecule has 7 nitrogen and oxygen atoms in total. The number of carbonyl (C=O) groups excluding carboxylic acids is 1. The van der Waals surface area contributed by atoms with Crippen molar-refractivity contribution in [1.82, 2.24) is 15.6 Å². The fraction of sp³-hybridized carbons (Fsp3) is 0.615. The predicted octanol–water partition coefficient (Wildman–Crippen LogP) is 1.85. The minimum absolute atomic E-state index is 0. The van der Waals surface area contributed by atoms with Gasteiger partial charge in [-0.05, 0) is 35.8 Å². The van der Waals surface area contributed by atoms with Gasteiger partial charge in [0.1, 0.15) is 0 Å². The van der Waals surface area contributed by atoms with Gasteiger partial charge in [0, 0.05) is 18.7 Å². The Bertz CT molecular complexity index is 515. The second-order valence-corrected chi connectivity index (χ2v) is 5.82. The first-order valence-electron chi connectivity index (χ1n) is 6.75. The second kappa shape index (κ2) is 6.91. The van der Waals surface area contributed by atoms with Gasteiger partial charge < -0.3 is 20.7 Å². The molecule has 1 aliphatic rings. The minimum Gasteiger partial charge on any atom is -0.358 e. The van der Waals surface area contributed by atoms with Crippen LogP contribution in [0.4, 0.5) is 5.82 Å². The zero-order chi connectivity index (χ0) is 14.8. The van der Waals surface area contributed by atoms with E-state index in [1.807, 2.05) is 0 Å². The molecule has 2 rings (SSSR count). The van der Waals surface area contributed by atoms with Crippen LogP contribution in [-0.2, 0) is 0 Å².